The van der Waals surface area contributed by atoms with Crippen molar-refractivity contribution in [1.82, 2.24) is 0 Å². The second kappa shape index (κ2) is 8.24. The van der Waals surface area contributed by atoms with E-state index < -0.39 is 0 Å². The summed E-state index contributed by atoms with van der Waals surface area (Å²) in [5.41, 5.74) is 3.21. The van der Waals surface area contributed by atoms with Crippen LogP contribution in [0.15, 0.2) is 35.9 Å². The maximum atomic E-state index is 5.72. The zero-order valence-corrected chi connectivity index (χ0v) is 15.0. The van der Waals surface area contributed by atoms with E-state index in [0.29, 0.717) is 0 Å². The van der Waals surface area contributed by atoms with Crippen molar-refractivity contribution >= 4 is 11.6 Å². The van der Waals surface area contributed by atoms with Gasteiger partial charge in [-0.1, -0.05) is 29.8 Å². The minimum Gasteiger partial charge on any atom is -0.497 e. The largest absolute Gasteiger partial charge is 0.497 e. The summed E-state index contributed by atoms with van der Waals surface area (Å²) in [6.07, 6.45) is 13.2. The monoisotopic (exact) mass is 332 g/mol. The highest BCUT2D eigenvalue weighted by Gasteiger charge is 2.30. The van der Waals surface area contributed by atoms with Gasteiger partial charge in [0.2, 0.25) is 0 Å². The lowest BCUT2D eigenvalue weighted by Crippen LogP contribution is -2.25. The summed E-state index contributed by atoms with van der Waals surface area (Å²) in [6, 6.07) is 8.72. The molecule has 0 saturated heterocycles. The summed E-state index contributed by atoms with van der Waals surface area (Å²) in [7, 11) is 1.73. The lowest BCUT2D eigenvalue weighted by atomic mass is 9.68. The Morgan fingerprint density at radius 1 is 0.870 bits per heavy atom. The molecule has 0 spiro atoms. The fraction of sp³-hybridized carbons (Fsp3) is 0.619. The quantitative estimate of drug-likeness (QED) is 0.609. The van der Waals surface area contributed by atoms with Crippen LogP contribution < -0.4 is 4.74 Å². The second-order valence-corrected chi connectivity index (χ2v) is 7.63. The van der Waals surface area contributed by atoms with Gasteiger partial charge in [0.25, 0.3) is 0 Å². The first kappa shape index (κ1) is 16.9. The predicted molar refractivity (Wildman–Crippen MR) is 98.1 cm³/mol. The van der Waals surface area contributed by atoms with Crippen molar-refractivity contribution in [2.24, 2.45) is 17.8 Å². The van der Waals surface area contributed by atoms with E-state index in [0.717, 1.165) is 29.4 Å². The normalized spacial score (nSPS) is 32.1. The molecule has 0 N–H and O–H groups in total. The number of allylic oxidation sites excluding steroid dienone is 1. The zero-order chi connectivity index (χ0) is 16.1. The Morgan fingerprint density at radius 3 is 1.96 bits per heavy atom. The van der Waals surface area contributed by atoms with E-state index in [1.165, 1.54) is 56.9 Å². The molecule has 1 nitrogen and oxygen atoms in total. The van der Waals surface area contributed by atoms with Crippen LogP contribution >= 0.6 is 11.6 Å². The van der Waals surface area contributed by atoms with Crippen molar-refractivity contribution in [1.29, 1.82) is 0 Å². The first-order valence-corrected chi connectivity index (χ1v) is 9.64. The molecule has 2 aliphatic carbocycles. The number of methoxy groups -OCH3 is 1. The van der Waals surface area contributed by atoms with Crippen molar-refractivity contribution in [3.8, 4) is 5.75 Å². The van der Waals surface area contributed by atoms with Gasteiger partial charge in [0, 0.05) is 5.54 Å². The molecule has 1 aromatic carbocycles. The molecule has 2 heteroatoms. The van der Waals surface area contributed by atoms with E-state index >= 15 is 0 Å². The fourth-order valence-electron chi connectivity index (χ4n) is 4.71. The molecule has 3 rings (SSSR count). The minimum atomic E-state index is 0.736. The molecule has 0 amide bonds. The van der Waals surface area contributed by atoms with Gasteiger partial charge in [-0.05, 0) is 92.7 Å². The fourth-order valence-corrected chi connectivity index (χ4v) is 4.92. The summed E-state index contributed by atoms with van der Waals surface area (Å²) in [4.78, 5) is 0. The molecule has 0 atom stereocenters. The molecule has 0 aromatic heterocycles. The van der Waals surface area contributed by atoms with Crippen molar-refractivity contribution in [2.75, 3.05) is 7.11 Å². The van der Waals surface area contributed by atoms with Gasteiger partial charge in [0.15, 0.2) is 0 Å². The summed E-state index contributed by atoms with van der Waals surface area (Å²) in [5, 5.41) is 0. The molecular formula is C21H29ClO. The number of benzene rings is 1. The second-order valence-electron chi connectivity index (χ2n) is 7.38. The highest BCUT2D eigenvalue weighted by molar-refractivity contribution is 6.25. The van der Waals surface area contributed by atoms with Crippen LogP contribution in [0.1, 0.15) is 62.8 Å². The maximum absolute atomic E-state index is 5.72. The predicted octanol–water partition coefficient (Wildman–Crippen LogP) is 6.53. The Kier molecular flexibility index (Phi) is 6.05. The summed E-state index contributed by atoms with van der Waals surface area (Å²) in [6.45, 7) is 0. The number of rotatable bonds is 4. The average molecular weight is 333 g/mol. The molecule has 23 heavy (non-hydrogen) atoms. The molecule has 0 heterocycles. The van der Waals surface area contributed by atoms with Gasteiger partial charge in [0.1, 0.15) is 5.75 Å². The number of halogens is 1. The molecule has 2 saturated carbocycles. The van der Waals surface area contributed by atoms with Gasteiger partial charge in [0.05, 0.1) is 7.11 Å². The molecule has 126 valence electrons. The van der Waals surface area contributed by atoms with Gasteiger partial charge in [-0.2, -0.15) is 0 Å². The maximum Gasteiger partial charge on any atom is 0.118 e. The van der Waals surface area contributed by atoms with Gasteiger partial charge >= 0.3 is 0 Å². The van der Waals surface area contributed by atoms with Gasteiger partial charge in [-0.15, -0.1) is 0 Å². The number of hydrogen-bond donors (Lipinski definition) is 0. The van der Waals surface area contributed by atoms with Gasteiger partial charge in [-0.3, -0.25) is 0 Å². The molecule has 0 unspecified atom stereocenters. The lowest BCUT2D eigenvalue weighted by Gasteiger charge is -2.37. The van der Waals surface area contributed by atoms with Crippen LogP contribution in [0.5, 0.6) is 5.75 Å². The van der Waals surface area contributed by atoms with E-state index in [2.05, 4.69) is 30.3 Å². The van der Waals surface area contributed by atoms with Gasteiger partial charge < -0.3 is 4.74 Å². The third-order valence-corrected chi connectivity index (χ3v) is 6.33. The molecule has 0 aliphatic heterocycles. The van der Waals surface area contributed by atoms with Crippen molar-refractivity contribution < 1.29 is 4.74 Å². The Bertz CT molecular complexity index is 491. The number of hydrogen-bond acceptors (Lipinski definition) is 1. The van der Waals surface area contributed by atoms with Crippen LogP contribution in [0.3, 0.4) is 0 Å². The van der Waals surface area contributed by atoms with Crippen LogP contribution in [0.4, 0.5) is 0 Å². The molecule has 1 aromatic rings. The van der Waals surface area contributed by atoms with Crippen molar-refractivity contribution in [2.45, 2.75) is 57.3 Å². The van der Waals surface area contributed by atoms with Crippen molar-refractivity contribution in [3.63, 3.8) is 0 Å². The number of ether oxygens (including phenoxy) is 1. The highest BCUT2D eigenvalue weighted by Crippen LogP contribution is 2.44. The third-order valence-electron chi connectivity index (χ3n) is 6.19. The van der Waals surface area contributed by atoms with Crippen LogP contribution in [-0.2, 0) is 0 Å². The Morgan fingerprint density at radius 2 is 1.43 bits per heavy atom. The Hall–Kier alpha value is -0.950. The molecule has 0 bridgehead atoms. The molecule has 2 fully saturated rings. The smallest absolute Gasteiger partial charge is 0.118 e. The van der Waals surface area contributed by atoms with E-state index in [1.54, 1.807) is 12.6 Å². The van der Waals surface area contributed by atoms with Crippen LogP contribution in [0.25, 0.3) is 0 Å². The minimum absolute atomic E-state index is 0.736. The summed E-state index contributed by atoms with van der Waals surface area (Å²) in [5.74, 6) is 4.38. The van der Waals surface area contributed by atoms with Crippen LogP contribution in [-0.4, -0.2) is 7.11 Å². The van der Waals surface area contributed by atoms with Crippen molar-refractivity contribution in [3.05, 3.63) is 41.4 Å². The Labute approximate surface area is 146 Å². The van der Waals surface area contributed by atoms with Crippen LogP contribution in [0.2, 0.25) is 0 Å². The first-order chi connectivity index (χ1) is 11.3. The van der Waals surface area contributed by atoms with E-state index in [1.807, 2.05) is 0 Å². The van der Waals surface area contributed by atoms with Gasteiger partial charge in [-0.25, -0.2) is 0 Å². The first-order valence-electron chi connectivity index (χ1n) is 9.21. The lowest BCUT2D eigenvalue weighted by molar-refractivity contribution is 0.171. The molecule has 0 radical (unpaired) electrons. The Balaban J connectivity index is 1.48. The standard InChI is InChI=1S/C21H29ClO/c1-23-21-12-10-20(11-13-21)19-8-6-18(7-9-19)17-4-2-16(3-5-17)14-15-22/h10-19H,2-9H2,1H3. The van der Waals surface area contributed by atoms with E-state index in [9.17, 15) is 0 Å². The molecular weight excluding hydrogens is 304 g/mol. The van der Waals surface area contributed by atoms with E-state index in [-0.39, 0.29) is 0 Å². The van der Waals surface area contributed by atoms with E-state index in [4.69, 9.17) is 16.3 Å². The molecule has 2 aliphatic rings. The highest BCUT2D eigenvalue weighted by atomic mass is 35.5. The average Bonchev–Trinajstić information content (AvgIpc) is 2.63. The topological polar surface area (TPSA) is 9.23 Å². The summed E-state index contributed by atoms with van der Waals surface area (Å²) >= 11 is 5.72. The zero-order valence-electron chi connectivity index (χ0n) is 14.2. The SMILES string of the molecule is COc1ccc(C2CCC(C3CCC(C=CCl)CC3)CC2)cc1. The van der Waals surface area contributed by atoms with Crippen LogP contribution in [0, 0.1) is 17.8 Å². The summed E-state index contributed by atoms with van der Waals surface area (Å²) < 4.78 is 5.27. The third kappa shape index (κ3) is 4.32.